The average Bonchev–Trinajstić information content (AvgIpc) is 2.58. The van der Waals surface area contributed by atoms with Crippen LogP contribution in [0.5, 0.6) is 0 Å². The molecule has 20 heavy (non-hydrogen) atoms. The summed E-state index contributed by atoms with van der Waals surface area (Å²) in [6.07, 6.45) is 2.32. The van der Waals surface area contributed by atoms with E-state index in [9.17, 15) is 9.59 Å². The van der Waals surface area contributed by atoms with E-state index in [1.807, 2.05) is 0 Å². The highest BCUT2D eigenvalue weighted by molar-refractivity contribution is 5.76. The molecule has 1 heterocycles. The van der Waals surface area contributed by atoms with Crippen LogP contribution >= 0.6 is 0 Å². The van der Waals surface area contributed by atoms with Crippen molar-refractivity contribution in [2.45, 2.75) is 53.6 Å². The highest BCUT2D eigenvalue weighted by atomic mass is 16.2. The van der Waals surface area contributed by atoms with Gasteiger partial charge >= 0.3 is 5.69 Å². The molecule has 0 unspecified atom stereocenters. The molecule has 0 aliphatic rings. The standard InChI is InChI=1S/C14H26N4O2/c1-10(2)7-11(14(3,4)5)16-12(19)8-18-13(20)17(6)9-15-18/h9-11H,7-8H2,1-6H3,(H,16,19)/t11-/m1/s1. The monoisotopic (exact) mass is 282 g/mol. The van der Waals surface area contributed by atoms with Crippen molar-refractivity contribution in [3.8, 4) is 0 Å². The van der Waals surface area contributed by atoms with E-state index < -0.39 is 0 Å². The van der Waals surface area contributed by atoms with E-state index >= 15 is 0 Å². The third-order valence-corrected chi connectivity index (χ3v) is 3.27. The van der Waals surface area contributed by atoms with E-state index in [1.54, 1.807) is 7.05 Å². The lowest BCUT2D eigenvalue weighted by Gasteiger charge is -2.32. The molecule has 1 atom stereocenters. The molecule has 1 amide bonds. The summed E-state index contributed by atoms with van der Waals surface area (Å²) in [5, 5.41) is 6.92. The normalized spacial score (nSPS) is 13.6. The van der Waals surface area contributed by atoms with Crippen LogP contribution in [-0.4, -0.2) is 26.3 Å². The molecule has 0 saturated carbocycles. The third-order valence-electron chi connectivity index (χ3n) is 3.27. The van der Waals surface area contributed by atoms with Gasteiger partial charge in [-0.25, -0.2) is 9.48 Å². The molecular weight excluding hydrogens is 256 g/mol. The van der Waals surface area contributed by atoms with Crippen LogP contribution in [-0.2, 0) is 18.4 Å². The van der Waals surface area contributed by atoms with Crippen molar-refractivity contribution < 1.29 is 4.79 Å². The van der Waals surface area contributed by atoms with Gasteiger partial charge < -0.3 is 5.32 Å². The Balaban J connectivity index is 2.72. The number of hydrogen-bond donors (Lipinski definition) is 1. The SMILES string of the molecule is CC(C)C[C@@H](NC(=O)Cn1ncn(C)c1=O)C(C)(C)C. The predicted molar refractivity (Wildman–Crippen MR) is 78.3 cm³/mol. The summed E-state index contributed by atoms with van der Waals surface area (Å²) in [4.78, 5) is 23.7. The fourth-order valence-electron chi connectivity index (χ4n) is 2.01. The summed E-state index contributed by atoms with van der Waals surface area (Å²) < 4.78 is 2.52. The first-order valence-corrected chi connectivity index (χ1v) is 6.99. The number of aryl methyl sites for hydroxylation is 1. The Morgan fingerprint density at radius 3 is 2.40 bits per heavy atom. The van der Waals surface area contributed by atoms with Crippen molar-refractivity contribution in [1.82, 2.24) is 19.7 Å². The third kappa shape index (κ3) is 4.51. The molecule has 0 radical (unpaired) electrons. The van der Waals surface area contributed by atoms with E-state index in [2.05, 4.69) is 45.0 Å². The van der Waals surface area contributed by atoms with Crippen LogP contribution in [0.25, 0.3) is 0 Å². The molecule has 1 N–H and O–H groups in total. The summed E-state index contributed by atoms with van der Waals surface area (Å²) in [7, 11) is 1.61. The smallest absolute Gasteiger partial charge is 0.345 e. The Morgan fingerprint density at radius 2 is 2.00 bits per heavy atom. The molecule has 0 bridgehead atoms. The highest BCUT2D eigenvalue weighted by Gasteiger charge is 2.27. The number of hydrogen-bond acceptors (Lipinski definition) is 3. The number of nitrogens with zero attached hydrogens (tertiary/aromatic N) is 3. The van der Waals surface area contributed by atoms with E-state index in [-0.39, 0.29) is 29.6 Å². The molecule has 0 aliphatic heterocycles. The Morgan fingerprint density at radius 1 is 1.40 bits per heavy atom. The molecule has 0 aliphatic carbocycles. The molecule has 0 aromatic carbocycles. The Bertz CT molecular complexity index is 508. The van der Waals surface area contributed by atoms with Gasteiger partial charge in [0.05, 0.1) is 0 Å². The maximum absolute atomic E-state index is 12.1. The lowest BCUT2D eigenvalue weighted by Crippen LogP contribution is -2.46. The van der Waals surface area contributed by atoms with Gasteiger partial charge in [0.1, 0.15) is 12.9 Å². The van der Waals surface area contributed by atoms with Gasteiger partial charge in [-0.15, -0.1) is 0 Å². The van der Waals surface area contributed by atoms with E-state index in [1.165, 1.54) is 15.6 Å². The number of amides is 1. The Labute approximate surface area is 120 Å². The van der Waals surface area contributed by atoms with Gasteiger partial charge in [0, 0.05) is 13.1 Å². The first-order chi connectivity index (χ1) is 9.11. The number of nitrogens with one attached hydrogen (secondary N) is 1. The summed E-state index contributed by atoms with van der Waals surface area (Å²) >= 11 is 0. The van der Waals surface area contributed by atoms with Gasteiger partial charge in [-0.2, -0.15) is 5.10 Å². The molecule has 6 heteroatoms. The van der Waals surface area contributed by atoms with Crippen molar-refractivity contribution in [3.63, 3.8) is 0 Å². The molecule has 0 fully saturated rings. The van der Waals surface area contributed by atoms with E-state index in [0.29, 0.717) is 5.92 Å². The van der Waals surface area contributed by atoms with Crippen molar-refractivity contribution in [2.24, 2.45) is 18.4 Å². The molecule has 6 nitrogen and oxygen atoms in total. The molecule has 1 rings (SSSR count). The minimum absolute atomic E-state index is 0.0188. The largest absolute Gasteiger partial charge is 0.351 e. The molecule has 0 spiro atoms. The highest BCUT2D eigenvalue weighted by Crippen LogP contribution is 2.24. The van der Waals surface area contributed by atoms with Crippen LogP contribution in [0.2, 0.25) is 0 Å². The summed E-state index contributed by atoms with van der Waals surface area (Å²) in [6.45, 7) is 10.5. The second kappa shape index (κ2) is 6.24. The lowest BCUT2D eigenvalue weighted by atomic mass is 9.82. The maximum atomic E-state index is 12.1. The van der Waals surface area contributed by atoms with Crippen LogP contribution in [0.15, 0.2) is 11.1 Å². The second-order valence-corrected chi connectivity index (χ2v) is 6.80. The second-order valence-electron chi connectivity index (χ2n) is 6.80. The van der Waals surface area contributed by atoms with Crippen LogP contribution in [0, 0.1) is 11.3 Å². The van der Waals surface area contributed by atoms with Crippen LogP contribution < -0.4 is 11.0 Å². The van der Waals surface area contributed by atoms with Crippen LogP contribution in [0.1, 0.15) is 41.0 Å². The fourth-order valence-corrected chi connectivity index (χ4v) is 2.01. The zero-order valence-corrected chi connectivity index (χ0v) is 13.3. The van der Waals surface area contributed by atoms with Gasteiger partial charge in [-0.05, 0) is 17.8 Å². The molecule has 114 valence electrons. The topological polar surface area (TPSA) is 68.9 Å². The molecule has 1 aromatic rings. The van der Waals surface area contributed by atoms with Crippen molar-refractivity contribution in [2.75, 3.05) is 0 Å². The van der Waals surface area contributed by atoms with Crippen molar-refractivity contribution in [1.29, 1.82) is 0 Å². The van der Waals surface area contributed by atoms with Crippen molar-refractivity contribution in [3.05, 3.63) is 16.8 Å². The predicted octanol–water partition coefficient (Wildman–Crippen LogP) is 1.16. The van der Waals surface area contributed by atoms with Gasteiger partial charge in [-0.1, -0.05) is 34.6 Å². The Hall–Kier alpha value is -1.59. The lowest BCUT2D eigenvalue weighted by molar-refractivity contribution is -0.123. The zero-order chi connectivity index (χ0) is 15.5. The van der Waals surface area contributed by atoms with Crippen molar-refractivity contribution >= 4 is 5.91 Å². The Kier molecular flexibility index (Phi) is 5.14. The van der Waals surface area contributed by atoms with E-state index in [0.717, 1.165) is 6.42 Å². The van der Waals surface area contributed by atoms with Crippen LogP contribution in [0.3, 0.4) is 0 Å². The molecule has 0 saturated heterocycles. The van der Waals surface area contributed by atoms with Gasteiger partial charge in [-0.3, -0.25) is 9.36 Å². The van der Waals surface area contributed by atoms with Crippen LogP contribution in [0.4, 0.5) is 0 Å². The van der Waals surface area contributed by atoms with E-state index in [4.69, 9.17) is 0 Å². The first-order valence-electron chi connectivity index (χ1n) is 6.99. The number of aromatic nitrogens is 3. The minimum Gasteiger partial charge on any atom is -0.351 e. The van der Waals surface area contributed by atoms with Gasteiger partial charge in [0.25, 0.3) is 0 Å². The summed E-state index contributed by atoms with van der Waals surface area (Å²) in [5.41, 5.74) is -0.300. The first kappa shape index (κ1) is 16.5. The van der Waals surface area contributed by atoms with Gasteiger partial charge in [0.2, 0.25) is 5.91 Å². The number of rotatable bonds is 5. The summed E-state index contributed by atoms with van der Waals surface area (Å²) in [5.74, 6) is 0.323. The number of carbonyl (C=O) groups excluding carboxylic acids is 1. The number of carbonyl (C=O) groups is 1. The maximum Gasteiger partial charge on any atom is 0.345 e. The van der Waals surface area contributed by atoms with Gasteiger partial charge in [0.15, 0.2) is 0 Å². The molecular formula is C14H26N4O2. The average molecular weight is 282 g/mol. The quantitative estimate of drug-likeness (QED) is 0.881. The zero-order valence-electron chi connectivity index (χ0n) is 13.3. The summed E-state index contributed by atoms with van der Waals surface area (Å²) in [6, 6.07) is 0.0782. The minimum atomic E-state index is -0.281. The fraction of sp³-hybridized carbons (Fsp3) is 0.786. The molecule has 1 aromatic heterocycles.